The van der Waals surface area contributed by atoms with Crippen LogP contribution in [0, 0.1) is 18.7 Å². The van der Waals surface area contributed by atoms with Crippen LogP contribution < -0.4 is 5.32 Å². The molecule has 3 heterocycles. The van der Waals surface area contributed by atoms with Crippen molar-refractivity contribution >= 4 is 16.4 Å². The molecule has 1 aliphatic rings. The molecule has 8 nitrogen and oxygen atoms in total. The lowest BCUT2D eigenvalue weighted by atomic mass is 10.1. The summed E-state index contributed by atoms with van der Waals surface area (Å²) in [4.78, 5) is 21.6. The number of benzene rings is 1. The van der Waals surface area contributed by atoms with E-state index in [1.54, 1.807) is 6.07 Å². The maximum atomic E-state index is 12.7. The number of aromatic nitrogens is 3. The Balaban J connectivity index is 0.000000256. The van der Waals surface area contributed by atoms with Gasteiger partial charge in [-0.1, -0.05) is 0 Å². The van der Waals surface area contributed by atoms with E-state index in [0.29, 0.717) is 29.9 Å². The first kappa shape index (κ1) is 30.3. The Morgan fingerprint density at radius 1 is 1.11 bits per heavy atom. The zero-order valence-electron chi connectivity index (χ0n) is 20.3. The number of carbonyl (C=O) groups excluding carboxylic acids is 1. The minimum Gasteiger partial charge on any atom is -0.353 e. The fourth-order valence-corrected chi connectivity index (χ4v) is 5.22. The van der Waals surface area contributed by atoms with Crippen LogP contribution in [0.5, 0.6) is 0 Å². The van der Waals surface area contributed by atoms with Gasteiger partial charge in [-0.15, -0.1) is 12.8 Å². The molecule has 0 unspecified atom stereocenters. The van der Waals surface area contributed by atoms with E-state index < -0.39 is 27.7 Å². The van der Waals surface area contributed by atoms with Crippen LogP contribution >= 0.6 is 0 Å². The molecule has 1 atom stereocenters. The number of nitrogens with zero attached hydrogens (tertiary/aromatic N) is 4. The smallest absolute Gasteiger partial charge is 0.353 e. The number of hydrogen-bond acceptors (Lipinski definition) is 6. The van der Waals surface area contributed by atoms with Gasteiger partial charge in [0.25, 0.3) is 0 Å². The largest absolute Gasteiger partial charge is 0.433 e. The molecule has 3 aromatic rings. The number of pyridine rings is 1. The van der Waals surface area contributed by atoms with E-state index in [0.717, 1.165) is 25.1 Å². The molecular weight excluding hydrogens is 526 g/mol. The van der Waals surface area contributed by atoms with Gasteiger partial charge >= 0.3 is 6.18 Å². The molecule has 0 radical (unpaired) electrons. The molecule has 4 rings (SSSR count). The molecule has 0 aliphatic carbocycles. The number of alkyl halides is 3. The Morgan fingerprint density at radius 3 is 2.32 bits per heavy atom. The number of nitrogens with one attached hydrogen (secondary N) is 1. The summed E-state index contributed by atoms with van der Waals surface area (Å²) in [5, 5.41) is 2.44. The van der Waals surface area contributed by atoms with Crippen LogP contribution in [-0.4, -0.2) is 46.7 Å². The van der Waals surface area contributed by atoms with Gasteiger partial charge in [-0.05, 0) is 62.2 Å². The number of sulfonamides is 1. The predicted octanol–water partition coefficient (Wildman–Crippen LogP) is 4.05. The lowest BCUT2D eigenvalue weighted by Gasteiger charge is -2.20. The van der Waals surface area contributed by atoms with Crippen molar-refractivity contribution in [1.29, 1.82) is 0 Å². The van der Waals surface area contributed by atoms with E-state index in [9.17, 15) is 30.8 Å². The second kappa shape index (κ2) is 13.6. The first-order valence-electron chi connectivity index (χ1n) is 11.1. The van der Waals surface area contributed by atoms with Gasteiger partial charge in [0.05, 0.1) is 22.8 Å². The SMILES string of the molecule is C#C.C[C@@H]1CCCN1S(=O)(=O)c1ccc(F)cc1.O=CNCc1cc(-c2ccc(C(F)(F)F)nc2)ncn1. The van der Waals surface area contributed by atoms with E-state index in [1.165, 1.54) is 41.0 Å². The Morgan fingerprint density at radius 2 is 1.79 bits per heavy atom. The second-order valence-electron chi connectivity index (χ2n) is 7.88. The summed E-state index contributed by atoms with van der Waals surface area (Å²) < 4.78 is 75.7. The molecule has 0 bridgehead atoms. The zero-order chi connectivity index (χ0) is 28.3. The monoisotopic (exact) mass is 551 g/mol. The highest BCUT2D eigenvalue weighted by atomic mass is 32.2. The van der Waals surface area contributed by atoms with Gasteiger partial charge in [0.2, 0.25) is 16.4 Å². The predicted molar refractivity (Wildman–Crippen MR) is 132 cm³/mol. The van der Waals surface area contributed by atoms with Gasteiger partial charge in [-0.3, -0.25) is 9.78 Å². The lowest BCUT2D eigenvalue weighted by molar-refractivity contribution is -0.141. The number of hydrogen-bond donors (Lipinski definition) is 1. The van der Waals surface area contributed by atoms with Gasteiger partial charge in [0.1, 0.15) is 17.8 Å². The molecule has 2 aromatic heterocycles. The van der Waals surface area contributed by atoms with E-state index in [-0.39, 0.29) is 17.5 Å². The minimum atomic E-state index is -4.47. The molecule has 1 amide bonds. The summed E-state index contributed by atoms with van der Waals surface area (Å²) >= 11 is 0. The number of halogens is 4. The topological polar surface area (TPSA) is 105 Å². The third-order valence-corrected chi connectivity index (χ3v) is 7.38. The summed E-state index contributed by atoms with van der Waals surface area (Å²) in [6, 6.07) is 8.76. The van der Waals surface area contributed by atoms with Crippen molar-refractivity contribution in [2.24, 2.45) is 0 Å². The van der Waals surface area contributed by atoms with Crippen molar-refractivity contribution in [3.05, 3.63) is 72.2 Å². The van der Waals surface area contributed by atoms with E-state index in [4.69, 9.17) is 0 Å². The van der Waals surface area contributed by atoms with E-state index in [1.807, 2.05) is 6.92 Å². The van der Waals surface area contributed by atoms with Crippen LogP contribution in [0.25, 0.3) is 11.3 Å². The summed E-state index contributed by atoms with van der Waals surface area (Å²) in [6.07, 6.45) is 8.21. The molecule has 0 spiro atoms. The Hall–Kier alpha value is -3.89. The second-order valence-corrected chi connectivity index (χ2v) is 9.77. The molecule has 0 saturated carbocycles. The van der Waals surface area contributed by atoms with Crippen LogP contribution in [-0.2, 0) is 27.5 Å². The average Bonchev–Trinajstić information content (AvgIpc) is 3.36. The van der Waals surface area contributed by atoms with Gasteiger partial charge in [-0.25, -0.2) is 22.8 Å². The molecule has 1 fully saturated rings. The van der Waals surface area contributed by atoms with Crippen LogP contribution in [0.2, 0.25) is 0 Å². The zero-order valence-corrected chi connectivity index (χ0v) is 21.1. The van der Waals surface area contributed by atoms with Gasteiger partial charge in [-0.2, -0.15) is 17.5 Å². The quantitative estimate of drug-likeness (QED) is 0.282. The molecule has 38 heavy (non-hydrogen) atoms. The number of amides is 1. The van der Waals surface area contributed by atoms with Crippen LogP contribution in [0.4, 0.5) is 17.6 Å². The number of terminal acetylenes is 1. The number of carbonyl (C=O) groups is 1. The molecule has 1 aliphatic heterocycles. The highest BCUT2D eigenvalue weighted by Crippen LogP contribution is 2.28. The number of rotatable bonds is 6. The van der Waals surface area contributed by atoms with Crippen molar-refractivity contribution < 1.29 is 30.8 Å². The fourth-order valence-electron chi connectivity index (χ4n) is 3.52. The van der Waals surface area contributed by atoms with Crippen LogP contribution in [0.3, 0.4) is 0 Å². The highest BCUT2D eigenvalue weighted by Gasteiger charge is 2.33. The minimum absolute atomic E-state index is 0.0371. The third kappa shape index (κ3) is 8.06. The molecule has 13 heteroatoms. The molecule has 1 saturated heterocycles. The third-order valence-electron chi connectivity index (χ3n) is 5.35. The van der Waals surface area contributed by atoms with Crippen LogP contribution in [0.1, 0.15) is 31.2 Å². The first-order valence-corrected chi connectivity index (χ1v) is 12.6. The van der Waals surface area contributed by atoms with E-state index in [2.05, 4.69) is 33.1 Å². The van der Waals surface area contributed by atoms with Crippen molar-refractivity contribution in [2.45, 2.75) is 43.4 Å². The van der Waals surface area contributed by atoms with Crippen molar-refractivity contribution in [2.75, 3.05) is 6.54 Å². The van der Waals surface area contributed by atoms with Gasteiger partial charge < -0.3 is 5.32 Å². The Labute approximate surface area is 218 Å². The van der Waals surface area contributed by atoms with Gasteiger partial charge in [0, 0.05) is 24.3 Å². The normalized spacial score (nSPS) is 15.4. The van der Waals surface area contributed by atoms with Gasteiger partial charge in [0.15, 0.2) is 0 Å². The summed E-state index contributed by atoms with van der Waals surface area (Å²) in [7, 11) is -3.44. The summed E-state index contributed by atoms with van der Waals surface area (Å²) in [5.74, 6) is -0.423. The Bertz CT molecular complexity index is 1320. The molecule has 202 valence electrons. The first-order chi connectivity index (χ1) is 18.0. The van der Waals surface area contributed by atoms with Crippen LogP contribution in [0.15, 0.2) is 59.9 Å². The average molecular weight is 552 g/mol. The Kier molecular flexibility index (Phi) is 10.9. The summed E-state index contributed by atoms with van der Waals surface area (Å²) in [6.45, 7) is 2.67. The van der Waals surface area contributed by atoms with E-state index >= 15 is 0 Å². The maximum absolute atomic E-state index is 12.7. The highest BCUT2D eigenvalue weighted by molar-refractivity contribution is 7.89. The lowest BCUT2D eigenvalue weighted by Crippen LogP contribution is -2.33. The summed E-state index contributed by atoms with van der Waals surface area (Å²) in [5.41, 5.74) is 0.455. The molecule has 1 N–H and O–H groups in total. The molecule has 1 aromatic carbocycles. The van der Waals surface area contributed by atoms with Crippen molar-refractivity contribution in [1.82, 2.24) is 24.6 Å². The van der Waals surface area contributed by atoms with Crippen molar-refractivity contribution in [3.8, 4) is 24.1 Å². The maximum Gasteiger partial charge on any atom is 0.433 e. The standard InChI is InChI=1S/C12H9F3N4O.C11H14FNO2S.C2H2/c13-12(14,15)11-2-1-8(4-17-11)10-3-9(5-16-7-20)18-6-19-10;1-9-3-2-8-13(9)16(14,15)11-6-4-10(12)5-7-11;1-2/h1-4,6-7H,5H2,(H,16,20);4-7,9H,2-3,8H2,1H3;1-2H/t;9-;/m.1./s1. The van der Waals surface area contributed by atoms with Crippen molar-refractivity contribution in [3.63, 3.8) is 0 Å². The molecular formula is C25H25F4N5O3S. The fraction of sp³-hybridized carbons (Fsp3) is 0.280.